The van der Waals surface area contributed by atoms with Crippen molar-refractivity contribution in [2.75, 3.05) is 13.2 Å². The Labute approximate surface area is 166 Å². The van der Waals surface area contributed by atoms with Crippen LogP contribution in [0, 0.1) is 5.82 Å². The molecule has 4 rings (SSSR count). The molecule has 1 fully saturated rings. The van der Waals surface area contributed by atoms with E-state index in [1.807, 2.05) is 24.3 Å². The maximum atomic E-state index is 14.2. The van der Waals surface area contributed by atoms with Crippen LogP contribution in [-0.2, 0) is 11.3 Å². The molecule has 1 amide bonds. The van der Waals surface area contributed by atoms with Gasteiger partial charge in [0.05, 0.1) is 11.1 Å². The summed E-state index contributed by atoms with van der Waals surface area (Å²) in [4.78, 5) is 15.5. The van der Waals surface area contributed by atoms with Crippen molar-refractivity contribution in [1.82, 2.24) is 4.90 Å². The van der Waals surface area contributed by atoms with Gasteiger partial charge in [0, 0.05) is 35.3 Å². The second-order valence-electron chi connectivity index (χ2n) is 6.65. The molecule has 2 heterocycles. The Balaban J connectivity index is 1.66. The predicted octanol–water partition coefficient (Wildman–Crippen LogP) is 5.52. The Kier molecular flexibility index (Phi) is 5.43. The number of amides is 1. The summed E-state index contributed by atoms with van der Waals surface area (Å²) in [5.41, 5.74) is 0.487. The number of rotatable bonds is 5. The van der Waals surface area contributed by atoms with Gasteiger partial charge in [-0.25, -0.2) is 4.39 Å². The number of hydrogen-bond donors (Lipinski definition) is 0. The van der Waals surface area contributed by atoms with Gasteiger partial charge in [-0.05, 0) is 25.0 Å². The molecule has 1 atom stereocenters. The molecule has 1 unspecified atom stereocenters. The van der Waals surface area contributed by atoms with Crippen molar-refractivity contribution >= 4 is 38.9 Å². The van der Waals surface area contributed by atoms with E-state index < -0.39 is 0 Å². The average Bonchev–Trinajstić information content (AvgIpc) is 3.31. The number of nitrogens with zero attached hydrogens (tertiary/aromatic N) is 1. The lowest BCUT2D eigenvalue weighted by Gasteiger charge is -2.25. The van der Waals surface area contributed by atoms with E-state index >= 15 is 0 Å². The molecule has 1 aliphatic heterocycles. The number of thiophene rings is 1. The van der Waals surface area contributed by atoms with Gasteiger partial charge in [-0.2, -0.15) is 0 Å². The first-order valence-electron chi connectivity index (χ1n) is 8.95. The summed E-state index contributed by atoms with van der Waals surface area (Å²) in [5.74, 6) is -0.495. The maximum absolute atomic E-state index is 14.2. The number of ether oxygens (including phenoxy) is 1. The molecule has 0 saturated carbocycles. The molecule has 0 radical (unpaired) electrons. The summed E-state index contributed by atoms with van der Waals surface area (Å²) < 4.78 is 20.9. The van der Waals surface area contributed by atoms with E-state index in [1.54, 1.807) is 23.1 Å². The molecule has 1 aliphatic rings. The van der Waals surface area contributed by atoms with Crippen molar-refractivity contribution in [1.29, 1.82) is 0 Å². The lowest BCUT2D eigenvalue weighted by atomic mass is 10.1. The van der Waals surface area contributed by atoms with E-state index in [9.17, 15) is 9.18 Å². The summed E-state index contributed by atoms with van der Waals surface area (Å²) in [6, 6.07) is 14.2. The van der Waals surface area contributed by atoms with E-state index in [0.29, 0.717) is 28.6 Å². The fourth-order valence-corrected chi connectivity index (χ4v) is 4.86. The smallest absolute Gasteiger partial charge is 0.265 e. The predicted molar refractivity (Wildman–Crippen MR) is 107 cm³/mol. The number of fused-ring (bicyclic) bond motifs is 1. The van der Waals surface area contributed by atoms with E-state index in [-0.39, 0.29) is 24.4 Å². The minimum atomic E-state index is -0.315. The first-order valence-corrected chi connectivity index (χ1v) is 10.1. The van der Waals surface area contributed by atoms with E-state index in [2.05, 4.69) is 0 Å². The van der Waals surface area contributed by atoms with Gasteiger partial charge in [0.25, 0.3) is 5.91 Å². The van der Waals surface area contributed by atoms with Gasteiger partial charge in [-0.3, -0.25) is 4.79 Å². The van der Waals surface area contributed by atoms with Crippen LogP contribution in [0.1, 0.15) is 28.1 Å². The minimum absolute atomic E-state index is 0.0196. The fraction of sp³-hybridized carbons (Fsp3) is 0.286. The number of benzene rings is 2. The summed E-state index contributed by atoms with van der Waals surface area (Å²) >= 11 is 7.88. The third-order valence-corrected chi connectivity index (χ3v) is 6.45. The Morgan fingerprint density at radius 1 is 1.22 bits per heavy atom. The third-order valence-electron chi connectivity index (χ3n) is 4.78. The standard InChI is InChI=1S/C21H19ClFNO2S/c22-19-16-8-2-4-10-18(16)27-20(19)21(25)24(13-15-7-5-11-26-15)12-14-6-1-3-9-17(14)23/h1-4,6,8-10,15H,5,7,11-13H2. The SMILES string of the molecule is O=C(c1sc2ccccc2c1Cl)N(Cc1ccccc1F)CC1CCCO1. The maximum Gasteiger partial charge on any atom is 0.265 e. The van der Waals surface area contributed by atoms with Crippen LogP contribution in [0.3, 0.4) is 0 Å². The van der Waals surface area contributed by atoms with Gasteiger partial charge >= 0.3 is 0 Å². The second kappa shape index (κ2) is 7.97. The van der Waals surface area contributed by atoms with Crippen LogP contribution in [0.15, 0.2) is 48.5 Å². The summed E-state index contributed by atoms with van der Waals surface area (Å²) in [6.45, 7) is 1.32. The molecule has 2 aromatic carbocycles. The van der Waals surface area contributed by atoms with E-state index in [1.165, 1.54) is 17.4 Å². The Morgan fingerprint density at radius 2 is 2.00 bits per heavy atom. The Hall–Kier alpha value is -1.95. The largest absolute Gasteiger partial charge is 0.376 e. The molecule has 1 saturated heterocycles. The zero-order valence-electron chi connectivity index (χ0n) is 14.7. The van der Waals surface area contributed by atoms with Crippen molar-refractivity contribution in [2.45, 2.75) is 25.5 Å². The first kappa shape index (κ1) is 18.4. The summed E-state index contributed by atoms with van der Waals surface area (Å²) in [5, 5.41) is 1.34. The average molecular weight is 404 g/mol. The molecule has 3 aromatic rings. The molecule has 0 aliphatic carbocycles. The van der Waals surface area contributed by atoms with Crippen molar-refractivity contribution < 1.29 is 13.9 Å². The highest BCUT2D eigenvalue weighted by atomic mass is 35.5. The summed E-state index contributed by atoms with van der Waals surface area (Å²) in [6.07, 6.45) is 1.87. The van der Waals surface area contributed by atoms with Crippen LogP contribution in [0.5, 0.6) is 0 Å². The normalized spacial score (nSPS) is 16.7. The zero-order valence-corrected chi connectivity index (χ0v) is 16.2. The van der Waals surface area contributed by atoms with Crippen LogP contribution in [0.2, 0.25) is 5.02 Å². The van der Waals surface area contributed by atoms with Gasteiger partial charge in [-0.15, -0.1) is 11.3 Å². The highest BCUT2D eigenvalue weighted by Gasteiger charge is 2.27. The number of carbonyl (C=O) groups is 1. The monoisotopic (exact) mass is 403 g/mol. The van der Waals surface area contributed by atoms with Gasteiger partial charge < -0.3 is 9.64 Å². The first-order chi connectivity index (χ1) is 13.1. The quantitative estimate of drug-likeness (QED) is 0.561. The fourth-order valence-electron chi connectivity index (χ4n) is 3.38. The van der Waals surface area contributed by atoms with Crippen LogP contribution >= 0.6 is 22.9 Å². The van der Waals surface area contributed by atoms with Crippen molar-refractivity contribution in [3.63, 3.8) is 0 Å². The Morgan fingerprint density at radius 3 is 2.74 bits per heavy atom. The third kappa shape index (κ3) is 3.86. The second-order valence-corrected chi connectivity index (χ2v) is 8.08. The number of carbonyl (C=O) groups excluding carboxylic acids is 1. The highest BCUT2D eigenvalue weighted by molar-refractivity contribution is 7.21. The molecule has 27 heavy (non-hydrogen) atoms. The lowest BCUT2D eigenvalue weighted by molar-refractivity contribution is 0.0509. The molecule has 6 heteroatoms. The van der Waals surface area contributed by atoms with Gasteiger partial charge in [-0.1, -0.05) is 48.0 Å². The van der Waals surface area contributed by atoms with Gasteiger partial charge in [0.15, 0.2) is 0 Å². The van der Waals surface area contributed by atoms with Gasteiger partial charge in [0.2, 0.25) is 0 Å². The van der Waals surface area contributed by atoms with Gasteiger partial charge in [0.1, 0.15) is 10.7 Å². The zero-order chi connectivity index (χ0) is 18.8. The topological polar surface area (TPSA) is 29.5 Å². The molecule has 140 valence electrons. The van der Waals surface area contributed by atoms with Crippen LogP contribution in [0.4, 0.5) is 4.39 Å². The molecular weight excluding hydrogens is 385 g/mol. The van der Waals surface area contributed by atoms with Crippen molar-refractivity contribution in [3.8, 4) is 0 Å². The highest BCUT2D eigenvalue weighted by Crippen LogP contribution is 2.36. The molecule has 0 N–H and O–H groups in total. The molecule has 3 nitrogen and oxygen atoms in total. The van der Waals surface area contributed by atoms with Crippen molar-refractivity contribution in [3.05, 3.63) is 69.8 Å². The number of hydrogen-bond acceptors (Lipinski definition) is 3. The van der Waals surface area contributed by atoms with E-state index in [4.69, 9.17) is 16.3 Å². The van der Waals surface area contributed by atoms with Crippen LogP contribution in [0.25, 0.3) is 10.1 Å². The van der Waals surface area contributed by atoms with Crippen molar-refractivity contribution in [2.24, 2.45) is 0 Å². The summed E-state index contributed by atoms with van der Waals surface area (Å²) in [7, 11) is 0. The van der Waals surface area contributed by atoms with Crippen LogP contribution in [-0.4, -0.2) is 30.1 Å². The Bertz CT molecular complexity index is 968. The molecule has 1 aromatic heterocycles. The minimum Gasteiger partial charge on any atom is -0.376 e. The lowest BCUT2D eigenvalue weighted by Crippen LogP contribution is -2.37. The van der Waals surface area contributed by atoms with E-state index in [0.717, 1.165) is 22.9 Å². The molecule has 0 spiro atoms. The molecular formula is C21H19ClFNO2S. The number of halogens is 2. The molecule has 0 bridgehead atoms. The van der Waals surface area contributed by atoms with Crippen LogP contribution < -0.4 is 0 Å².